The summed E-state index contributed by atoms with van der Waals surface area (Å²) in [7, 11) is 0. The Bertz CT molecular complexity index is 645. The van der Waals surface area contributed by atoms with Gasteiger partial charge < -0.3 is 9.84 Å². The maximum absolute atomic E-state index is 10.9. The first-order valence-electron chi connectivity index (χ1n) is 6.28. The van der Waals surface area contributed by atoms with Crippen LogP contribution in [-0.4, -0.2) is 28.4 Å². The first kappa shape index (κ1) is 13.0. The Morgan fingerprint density at radius 3 is 3.10 bits per heavy atom. The Labute approximate surface area is 120 Å². The van der Waals surface area contributed by atoms with Crippen molar-refractivity contribution >= 4 is 17.7 Å². The molecule has 20 heavy (non-hydrogen) atoms. The van der Waals surface area contributed by atoms with Crippen molar-refractivity contribution in [1.82, 2.24) is 4.98 Å². The van der Waals surface area contributed by atoms with E-state index in [0.717, 1.165) is 16.5 Å². The van der Waals surface area contributed by atoms with Crippen molar-refractivity contribution in [2.75, 3.05) is 12.4 Å². The van der Waals surface area contributed by atoms with E-state index in [9.17, 15) is 4.79 Å². The Hall–Kier alpha value is -2.01. The number of para-hydroxylation sites is 1. The van der Waals surface area contributed by atoms with Crippen molar-refractivity contribution in [2.45, 2.75) is 10.9 Å². The lowest BCUT2D eigenvalue weighted by Crippen LogP contribution is -2.04. The van der Waals surface area contributed by atoms with E-state index in [1.807, 2.05) is 18.2 Å². The predicted octanol–water partition coefficient (Wildman–Crippen LogP) is 3.05. The van der Waals surface area contributed by atoms with Gasteiger partial charge in [0.25, 0.3) is 0 Å². The van der Waals surface area contributed by atoms with E-state index in [-0.39, 0.29) is 5.56 Å². The molecule has 4 nitrogen and oxygen atoms in total. The number of rotatable bonds is 4. The average molecular weight is 287 g/mol. The van der Waals surface area contributed by atoms with Gasteiger partial charge >= 0.3 is 5.97 Å². The van der Waals surface area contributed by atoms with Crippen LogP contribution in [0.25, 0.3) is 0 Å². The van der Waals surface area contributed by atoms with E-state index >= 15 is 0 Å². The number of aromatic nitrogens is 1. The normalized spacial score (nSPS) is 16.5. The van der Waals surface area contributed by atoms with Crippen LogP contribution in [0, 0.1) is 0 Å². The third-order valence-electron chi connectivity index (χ3n) is 3.21. The number of pyridine rings is 1. The smallest absolute Gasteiger partial charge is 0.335 e. The van der Waals surface area contributed by atoms with Crippen LogP contribution >= 0.6 is 11.8 Å². The third kappa shape index (κ3) is 2.63. The first-order valence-corrected chi connectivity index (χ1v) is 7.26. The second-order valence-electron chi connectivity index (χ2n) is 4.54. The number of carbonyl (C=O) groups is 1. The number of aromatic carboxylic acids is 1. The summed E-state index contributed by atoms with van der Waals surface area (Å²) < 4.78 is 5.63. The molecular formula is C15H13NO3S. The number of hydrogen-bond acceptors (Lipinski definition) is 4. The SMILES string of the molecule is O=C(O)c1ccnc(SCC2COc3ccccc32)c1. The number of ether oxygens (including phenoxy) is 1. The van der Waals surface area contributed by atoms with Gasteiger partial charge in [-0.15, -0.1) is 11.8 Å². The molecule has 1 unspecified atom stereocenters. The van der Waals surface area contributed by atoms with Crippen molar-refractivity contribution < 1.29 is 14.6 Å². The fraction of sp³-hybridized carbons (Fsp3) is 0.200. The highest BCUT2D eigenvalue weighted by Crippen LogP contribution is 2.36. The molecule has 1 aromatic carbocycles. The maximum atomic E-state index is 10.9. The molecular weight excluding hydrogens is 274 g/mol. The van der Waals surface area contributed by atoms with Gasteiger partial charge in [-0.05, 0) is 18.2 Å². The van der Waals surface area contributed by atoms with Gasteiger partial charge in [0, 0.05) is 23.4 Å². The molecule has 1 N–H and O–H groups in total. The van der Waals surface area contributed by atoms with Gasteiger partial charge in [0.1, 0.15) is 5.75 Å². The number of benzene rings is 1. The number of thioether (sulfide) groups is 1. The van der Waals surface area contributed by atoms with Crippen LogP contribution in [0.1, 0.15) is 21.8 Å². The third-order valence-corrected chi connectivity index (χ3v) is 4.30. The van der Waals surface area contributed by atoms with Gasteiger partial charge in [0.05, 0.1) is 17.2 Å². The molecule has 0 saturated carbocycles. The predicted molar refractivity (Wildman–Crippen MR) is 76.6 cm³/mol. The van der Waals surface area contributed by atoms with Crippen LogP contribution < -0.4 is 4.74 Å². The Morgan fingerprint density at radius 2 is 2.25 bits per heavy atom. The standard InChI is InChI=1S/C15H13NO3S/c17-15(18)10-5-6-16-14(7-10)20-9-11-8-19-13-4-2-1-3-12(11)13/h1-7,11H,8-9H2,(H,17,18). The van der Waals surface area contributed by atoms with Crippen LogP contribution in [0.3, 0.4) is 0 Å². The molecule has 3 rings (SSSR count). The second-order valence-corrected chi connectivity index (χ2v) is 5.58. The zero-order chi connectivity index (χ0) is 13.9. The van der Waals surface area contributed by atoms with Crippen molar-refractivity contribution in [1.29, 1.82) is 0 Å². The monoisotopic (exact) mass is 287 g/mol. The highest BCUT2D eigenvalue weighted by atomic mass is 32.2. The van der Waals surface area contributed by atoms with E-state index in [0.29, 0.717) is 12.5 Å². The number of carboxylic acid groups (broad SMARTS) is 1. The summed E-state index contributed by atoms with van der Waals surface area (Å²) in [5, 5.41) is 9.69. The molecule has 0 spiro atoms. The molecule has 5 heteroatoms. The van der Waals surface area contributed by atoms with Gasteiger partial charge in [0.2, 0.25) is 0 Å². The topological polar surface area (TPSA) is 59.4 Å². The Morgan fingerprint density at radius 1 is 1.40 bits per heavy atom. The lowest BCUT2D eigenvalue weighted by atomic mass is 10.0. The van der Waals surface area contributed by atoms with Gasteiger partial charge in [-0.2, -0.15) is 0 Å². The van der Waals surface area contributed by atoms with Crippen molar-refractivity contribution in [3.63, 3.8) is 0 Å². The summed E-state index contributed by atoms with van der Waals surface area (Å²) in [4.78, 5) is 15.1. The van der Waals surface area contributed by atoms with Gasteiger partial charge in [-0.25, -0.2) is 9.78 Å². The minimum absolute atomic E-state index is 0.269. The van der Waals surface area contributed by atoms with E-state index < -0.39 is 5.97 Å². The quantitative estimate of drug-likeness (QED) is 0.876. The first-order chi connectivity index (χ1) is 9.74. The van der Waals surface area contributed by atoms with Crippen LogP contribution in [0.5, 0.6) is 5.75 Å². The molecule has 1 aliphatic rings. The molecule has 0 amide bonds. The summed E-state index contributed by atoms with van der Waals surface area (Å²) in [6, 6.07) is 11.1. The lowest BCUT2D eigenvalue weighted by molar-refractivity contribution is 0.0696. The maximum Gasteiger partial charge on any atom is 0.335 e. The van der Waals surface area contributed by atoms with E-state index in [1.54, 1.807) is 17.8 Å². The average Bonchev–Trinajstić information content (AvgIpc) is 2.89. The largest absolute Gasteiger partial charge is 0.493 e. The van der Waals surface area contributed by atoms with Gasteiger partial charge in [-0.1, -0.05) is 18.2 Å². The Balaban J connectivity index is 1.69. The van der Waals surface area contributed by atoms with E-state index in [4.69, 9.17) is 9.84 Å². The summed E-state index contributed by atoms with van der Waals surface area (Å²) in [6.07, 6.45) is 1.53. The van der Waals surface area contributed by atoms with Crippen LogP contribution in [-0.2, 0) is 0 Å². The summed E-state index contributed by atoms with van der Waals surface area (Å²) in [5.41, 5.74) is 1.49. The fourth-order valence-corrected chi connectivity index (χ4v) is 3.17. The lowest BCUT2D eigenvalue weighted by Gasteiger charge is -2.08. The van der Waals surface area contributed by atoms with E-state index in [1.165, 1.54) is 17.8 Å². The zero-order valence-electron chi connectivity index (χ0n) is 10.7. The van der Waals surface area contributed by atoms with Crippen molar-refractivity contribution in [3.05, 3.63) is 53.7 Å². The number of carboxylic acids is 1. The molecule has 0 radical (unpaired) electrons. The molecule has 2 heterocycles. The van der Waals surface area contributed by atoms with Crippen LogP contribution in [0.4, 0.5) is 0 Å². The molecule has 0 bridgehead atoms. The molecule has 0 saturated heterocycles. The molecule has 1 aromatic heterocycles. The van der Waals surface area contributed by atoms with Crippen molar-refractivity contribution in [2.24, 2.45) is 0 Å². The molecule has 1 aliphatic heterocycles. The second kappa shape index (κ2) is 5.54. The minimum atomic E-state index is -0.927. The summed E-state index contributed by atoms with van der Waals surface area (Å²) in [5.74, 6) is 1.17. The molecule has 2 aromatic rings. The Kier molecular flexibility index (Phi) is 3.60. The highest BCUT2D eigenvalue weighted by molar-refractivity contribution is 7.99. The minimum Gasteiger partial charge on any atom is -0.493 e. The highest BCUT2D eigenvalue weighted by Gasteiger charge is 2.23. The van der Waals surface area contributed by atoms with Crippen LogP contribution in [0.2, 0.25) is 0 Å². The fourth-order valence-electron chi connectivity index (χ4n) is 2.17. The summed E-state index contributed by atoms with van der Waals surface area (Å²) >= 11 is 1.56. The molecule has 102 valence electrons. The zero-order valence-corrected chi connectivity index (χ0v) is 11.5. The van der Waals surface area contributed by atoms with E-state index in [2.05, 4.69) is 11.1 Å². The number of hydrogen-bond donors (Lipinski definition) is 1. The molecule has 1 atom stereocenters. The van der Waals surface area contributed by atoms with Gasteiger partial charge in [0.15, 0.2) is 0 Å². The number of nitrogens with zero attached hydrogens (tertiary/aromatic N) is 1. The molecule has 0 fully saturated rings. The number of fused-ring (bicyclic) bond motifs is 1. The van der Waals surface area contributed by atoms with Crippen molar-refractivity contribution in [3.8, 4) is 5.75 Å². The summed E-state index contributed by atoms with van der Waals surface area (Å²) in [6.45, 7) is 0.672. The van der Waals surface area contributed by atoms with Gasteiger partial charge in [-0.3, -0.25) is 0 Å². The molecule has 0 aliphatic carbocycles. The van der Waals surface area contributed by atoms with Crippen LogP contribution in [0.15, 0.2) is 47.6 Å².